The monoisotopic (exact) mass is 734 g/mol. The molecule has 0 fully saturated rings. The van der Waals surface area contributed by atoms with E-state index in [0.717, 1.165) is 25.0 Å². The Kier molecular flexibility index (Phi) is 9.85. The van der Waals surface area contributed by atoms with E-state index in [0.29, 0.717) is 0 Å². The number of allylic oxidation sites excluding steroid dienone is 10. The van der Waals surface area contributed by atoms with E-state index < -0.39 is 0 Å². The van der Waals surface area contributed by atoms with Gasteiger partial charge in [-0.15, -0.1) is 0 Å². The van der Waals surface area contributed by atoms with Crippen molar-refractivity contribution in [3.63, 3.8) is 0 Å². The van der Waals surface area contributed by atoms with Gasteiger partial charge in [0.2, 0.25) is 0 Å². The van der Waals surface area contributed by atoms with Crippen molar-refractivity contribution in [1.82, 2.24) is 9.13 Å². The molecule has 6 aromatic carbocycles. The molecule has 2 heterocycles. The largest absolute Gasteiger partial charge is 0.313 e. The summed E-state index contributed by atoms with van der Waals surface area (Å²) in [4.78, 5) is 0. The Hall–Kier alpha value is -6.90. The summed E-state index contributed by atoms with van der Waals surface area (Å²) in [6.07, 6.45) is 21.9. The zero-order valence-electron chi connectivity index (χ0n) is 32.7. The van der Waals surface area contributed by atoms with Crippen molar-refractivity contribution in [2.45, 2.75) is 33.1 Å². The molecule has 0 spiro atoms. The van der Waals surface area contributed by atoms with Crippen LogP contribution >= 0.6 is 0 Å². The maximum Gasteiger partial charge on any atom is 0.0538 e. The van der Waals surface area contributed by atoms with Crippen LogP contribution in [0.4, 0.5) is 0 Å². The van der Waals surface area contributed by atoms with Gasteiger partial charge in [-0.2, -0.15) is 0 Å². The summed E-state index contributed by atoms with van der Waals surface area (Å²) in [7, 11) is 0. The van der Waals surface area contributed by atoms with Gasteiger partial charge in [0.15, 0.2) is 0 Å². The summed E-state index contributed by atoms with van der Waals surface area (Å²) in [6, 6.07) is 51.6. The highest BCUT2D eigenvalue weighted by Crippen LogP contribution is 2.42. The third-order valence-electron chi connectivity index (χ3n) is 11.3. The SMILES string of the molecule is C=C/C=C\C=C(/C)n1c2ccccc2c2cc(-c3ccc4c(c3)c3c(n4-c4cc(C/C=C\C=C/C)cc(-c5ccccc5)c4)CCC(c4ccccc4)=C3)ccc21. The number of para-hydroxylation sites is 1. The van der Waals surface area contributed by atoms with Gasteiger partial charge in [0.25, 0.3) is 0 Å². The van der Waals surface area contributed by atoms with E-state index >= 15 is 0 Å². The molecule has 0 saturated carbocycles. The minimum atomic E-state index is 0.862. The van der Waals surface area contributed by atoms with Crippen molar-refractivity contribution >= 4 is 50.1 Å². The minimum Gasteiger partial charge on any atom is -0.313 e. The van der Waals surface area contributed by atoms with Gasteiger partial charge in [-0.1, -0.05) is 146 Å². The fraction of sp³-hybridized carbons (Fsp3) is 0.0909. The summed E-state index contributed by atoms with van der Waals surface area (Å²) in [5.74, 6) is 0. The Bertz CT molecular complexity index is 2940. The quantitative estimate of drug-likeness (QED) is 0.124. The highest BCUT2D eigenvalue weighted by Gasteiger charge is 2.23. The lowest BCUT2D eigenvalue weighted by atomic mass is 9.90. The average Bonchev–Trinajstić information content (AvgIpc) is 3.77. The maximum atomic E-state index is 3.84. The van der Waals surface area contributed by atoms with Gasteiger partial charge in [0.1, 0.15) is 0 Å². The lowest BCUT2D eigenvalue weighted by molar-refractivity contribution is 0.897. The molecule has 1 aliphatic carbocycles. The highest BCUT2D eigenvalue weighted by atomic mass is 15.0. The molecule has 57 heavy (non-hydrogen) atoms. The second kappa shape index (κ2) is 15.7. The molecular weight excluding hydrogens is 689 g/mol. The minimum absolute atomic E-state index is 0.862. The van der Waals surface area contributed by atoms with Gasteiger partial charge in [0, 0.05) is 38.8 Å². The van der Waals surface area contributed by atoms with Crippen LogP contribution in [0.1, 0.15) is 42.7 Å². The van der Waals surface area contributed by atoms with Crippen molar-refractivity contribution in [1.29, 1.82) is 0 Å². The van der Waals surface area contributed by atoms with Crippen LogP contribution < -0.4 is 0 Å². The fourth-order valence-corrected chi connectivity index (χ4v) is 8.62. The Labute approximate surface area is 336 Å². The Morgan fingerprint density at radius 1 is 0.596 bits per heavy atom. The molecule has 0 radical (unpaired) electrons. The molecule has 2 heteroatoms. The molecule has 0 N–H and O–H groups in total. The van der Waals surface area contributed by atoms with Crippen LogP contribution in [0.25, 0.3) is 78.0 Å². The molecule has 0 atom stereocenters. The van der Waals surface area contributed by atoms with Crippen molar-refractivity contribution in [2.75, 3.05) is 0 Å². The van der Waals surface area contributed by atoms with Crippen LogP contribution in [0.2, 0.25) is 0 Å². The summed E-state index contributed by atoms with van der Waals surface area (Å²) in [5, 5.41) is 3.79. The van der Waals surface area contributed by atoms with Crippen molar-refractivity contribution < 1.29 is 0 Å². The standard InChI is InChI=1S/C55H46N2/c1-4-6-8-12-20-40-33-46(42-23-15-10-16-24-42)35-47(34-40)57-54-31-27-43(41-21-13-9-14-22-41)36-50(54)51-38-45(29-32-55(51)57)44-28-30-53-49(37-44)48-25-17-18-26-52(48)56(53)39(3)19-11-7-5-2/h4-19,21-26,28-30,32-38H,2,20,27,31H2,1,3H3/b6-4-,11-7-,12-8-,39-19+. The molecule has 2 aromatic heterocycles. The average molecular weight is 735 g/mol. The van der Waals surface area contributed by atoms with E-state index in [9.17, 15) is 0 Å². The van der Waals surface area contributed by atoms with Gasteiger partial charge in [-0.25, -0.2) is 0 Å². The summed E-state index contributed by atoms with van der Waals surface area (Å²) in [5.41, 5.74) is 17.6. The zero-order valence-corrected chi connectivity index (χ0v) is 32.7. The highest BCUT2D eigenvalue weighted by molar-refractivity contribution is 6.11. The molecule has 276 valence electrons. The van der Waals surface area contributed by atoms with Crippen LogP contribution in [0.3, 0.4) is 0 Å². The topological polar surface area (TPSA) is 9.86 Å². The van der Waals surface area contributed by atoms with E-state index in [4.69, 9.17) is 0 Å². The predicted octanol–water partition coefficient (Wildman–Crippen LogP) is 14.8. The van der Waals surface area contributed by atoms with Crippen LogP contribution in [-0.2, 0) is 12.8 Å². The third kappa shape index (κ3) is 6.85. The van der Waals surface area contributed by atoms with Crippen molar-refractivity contribution in [3.8, 4) is 27.9 Å². The molecular formula is C55H46N2. The lowest BCUT2D eigenvalue weighted by Gasteiger charge is -2.19. The van der Waals surface area contributed by atoms with Gasteiger partial charge in [-0.3, -0.25) is 0 Å². The smallest absolute Gasteiger partial charge is 0.0538 e. The van der Waals surface area contributed by atoms with Crippen molar-refractivity contribution in [3.05, 3.63) is 217 Å². The normalized spacial score (nSPS) is 13.4. The Balaban J connectivity index is 1.24. The van der Waals surface area contributed by atoms with Gasteiger partial charge in [-0.05, 0) is 127 Å². The van der Waals surface area contributed by atoms with Crippen LogP contribution in [-0.4, -0.2) is 9.13 Å². The maximum absolute atomic E-state index is 3.84. The van der Waals surface area contributed by atoms with Gasteiger partial charge in [0.05, 0.1) is 16.6 Å². The molecule has 8 aromatic rings. The zero-order chi connectivity index (χ0) is 38.7. The van der Waals surface area contributed by atoms with Gasteiger partial charge >= 0.3 is 0 Å². The second-order valence-corrected chi connectivity index (χ2v) is 14.9. The molecule has 0 unspecified atom stereocenters. The molecule has 0 bridgehead atoms. The van der Waals surface area contributed by atoms with E-state index in [2.05, 4.69) is 212 Å². The lowest BCUT2D eigenvalue weighted by Crippen LogP contribution is -2.06. The van der Waals surface area contributed by atoms with E-state index in [1.165, 1.54) is 88.6 Å². The first-order chi connectivity index (χ1) is 28.1. The molecule has 0 saturated heterocycles. The van der Waals surface area contributed by atoms with E-state index in [-0.39, 0.29) is 0 Å². The van der Waals surface area contributed by atoms with E-state index in [1.54, 1.807) is 0 Å². The number of hydrogen-bond acceptors (Lipinski definition) is 0. The fourth-order valence-electron chi connectivity index (χ4n) is 8.62. The number of rotatable bonds is 10. The van der Waals surface area contributed by atoms with Crippen LogP contribution in [0.5, 0.6) is 0 Å². The molecule has 9 rings (SSSR count). The first-order valence-corrected chi connectivity index (χ1v) is 20.0. The van der Waals surface area contributed by atoms with E-state index in [1.807, 2.05) is 12.2 Å². The number of fused-ring (bicyclic) bond motifs is 6. The number of aromatic nitrogens is 2. The first kappa shape index (κ1) is 35.8. The van der Waals surface area contributed by atoms with Crippen molar-refractivity contribution in [2.24, 2.45) is 0 Å². The summed E-state index contributed by atoms with van der Waals surface area (Å²) < 4.78 is 4.91. The molecule has 1 aliphatic rings. The van der Waals surface area contributed by atoms with Crippen LogP contribution in [0, 0.1) is 0 Å². The molecule has 0 amide bonds. The Morgan fingerprint density at radius 2 is 1.30 bits per heavy atom. The first-order valence-electron chi connectivity index (χ1n) is 20.0. The molecule has 0 aliphatic heterocycles. The predicted molar refractivity (Wildman–Crippen MR) is 247 cm³/mol. The number of nitrogens with zero attached hydrogens (tertiary/aromatic N) is 2. The summed E-state index contributed by atoms with van der Waals surface area (Å²) in [6.45, 7) is 8.07. The Morgan fingerprint density at radius 3 is 2.07 bits per heavy atom. The summed E-state index contributed by atoms with van der Waals surface area (Å²) >= 11 is 0. The van der Waals surface area contributed by atoms with Gasteiger partial charge < -0.3 is 9.13 Å². The van der Waals surface area contributed by atoms with Crippen LogP contribution in [0.15, 0.2) is 195 Å². The number of hydrogen-bond donors (Lipinski definition) is 0. The molecule has 2 nitrogen and oxygen atoms in total. The third-order valence-corrected chi connectivity index (χ3v) is 11.3. The number of benzene rings is 6. The second-order valence-electron chi connectivity index (χ2n) is 14.9.